The number of hydrogen-bond acceptors (Lipinski definition) is 4. The van der Waals surface area contributed by atoms with E-state index in [0.717, 1.165) is 5.56 Å². The molecule has 0 bridgehead atoms. The molecule has 0 saturated carbocycles. The Balaban J connectivity index is 2.50. The van der Waals surface area contributed by atoms with Gasteiger partial charge in [0.2, 0.25) is 5.88 Å². The van der Waals surface area contributed by atoms with Gasteiger partial charge in [0, 0.05) is 11.8 Å². The molecule has 0 amide bonds. The van der Waals surface area contributed by atoms with Crippen LogP contribution in [0.3, 0.4) is 0 Å². The number of oxime groups is 1. The summed E-state index contributed by atoms with van der Waals surface area (Å²) in [5, 5.41) is 11.9. The fraction of sp³-hybridized carbons (Fsp3) is 0.200. The molecule has 3 N–H and O–H groups in total. The topological polar surface area (TPSA) is 80.7 Å². The van der Waals surface area contributed by atoms with E-state index in [1.807, 2.05) is 0 Å². The zero-order valence-electron chi connectivity index (χ0n) is 12.0. The van der Waals surface area contributed by atoms with Gasteiger partial charge in [0.05, 0.1) is 5.56 Å². The van der Waals surface area contributed by atoms with Gasteiger partial charge in [0.1, 0.15) is 11.6 Å². The van der Waals surface area contributed by atoms with Crippen LogP contribution in [0.25, 0.3) is 0 Å². The fourth-order valence-corrected chi connectivity index (χ4v) is 1.99. The molecular formula is C15H16FN3O2. The molecule has 0 aliphatic rings. The molecule has 21 heavy (non-hydrogen) atoms. The third kappa shape index (κ3) is 3.10. The van der Waals surface area contributed by atoms with Crippen LogP contribution in [0.5, 0.6) is 11.6 Å². The molecule has 2 aromatic rings. The molecule has 5 nitrogen and oxygen atoms in total. The molecule has 0 radical (unpaired) electrons. The van der Waals surface area contributed by atoms with Crippen molar-refractivity contribution in [2.45, 2.75) is 20.8 Å². The molecule has 0 spiro atoms. The predicted molar refractivity (Wildman–Crippen MR) is 77.4 cm³/mol. The van der Waals surface area contributed by atoms with Crippen molar-refractivity contribution in [2.24, 2.45) is 10.9 Å². The molecule has 0 fully saturated rings. The normalized spacial score (nSPS) is 11.5. The molecule has 1 aromatic carbocycles. The van der Waals surface area contributed by atoms with E-state index in [4.69, 9.17) is 15.7 Å². The Morgan fingerprint density at radius 1 is 1.24 bits per heavy atom. The number of rotatable bonds is 3. The second-order valence-corrected chi connectivity index (χ2v) is 4.76. The number of nitrogens with two attached hydrogens (primary N) is 1. The largest absolute Gasteiger partial charge is 0.438 e. The van der Waals surface area contributed by atoms with Crippen LogP contribution in [-0.4, -0.2) is 16.0 Å². The Labute approximate surface area is 121 Å². The minimum Gasteiger partial charge on any atom is -0.438 e. The molecule has 0 aliphatic heterocycles. The maximum absolute atomic E-state index is 13.6. The Morgan fingerprint density at radius 3 is 2.57 bits per heavy atom. The lowest BCUT2D eigenvalue weighted by molar-refractivity contribution is 0.318. The first-order valence-corrected chi connectivity index (χ1v) is 6.32. The van der Waals surface area contributed by atoms with E-state index in [1.165, 1.54) is 6.07 Å². The van der Waals surface area contributed by atoms with Crippen LogP contribution in [0.1, 0.15) is 22.4 Å². The van der Waals surface area contributed by atoms with Crippen LogP contribution < -0.4 is 10.5 Å². The summed E-state index contributed by atoms with van der Waals surface area (Å²) in [4.78, 5) is 4.23. The van der Waals surface area contributed by atoms with Crippen molar-refractivity contribution >= 4 is 5.84 Å². The average Bonchev–Trinajstić information content (AvgIpc) is 2.41. The monoisotopic (exact) mass is 289 g/mol. The van der Waals surface area contributed by atoms with E-state index < -0.39 is 0 Å². The first-order valence-electron chi connectivity index (χ1n) is 6.32. The maximum Gasteiger partial charge on any atom is 0.230 e. The van der Waals surface area contributed by atoms with Crippen LogP contribution in [0.15, 0.2) is 29.4 Å². The molecule has 1 aromatic heterocycles. The summed E-state index contributed by atoms with van der Waals surface area (Å²) in [5.41, 5.74) is 8.02. The van der Waals surface area contributed by atoms with E-state index in [1.54, 1.807) is 39.0 Å². The van der Waals surface area contributed by atoms with Gasteiger partial charge in [-0.05, 0) is 44.0 Å². The molecule has 0 atom stereocenters. The number of ether oxygens (including phenoxy) is 1. The second-order valence-electron chi connectivity index (χ2n) is 4.76. The van der Waals surface area contributed by atoms with Crippen molar-refractivity contribution in [3.63, 3.8) is 0 Å². The van der Waals surface area contributed by atoms with Gasteiger partial charge in [-0.2, -0.15) is 0 Å². The molecule has 2 rings (SSSR count). The van der Waals surface area contributed by atoms with Crippen molar-refractivity contribution in [3.8, 4) is 11.6 Å². The number of hydrogen-bond donors (Lipinski definition) is 2. The van der Waals surface area contributed by atoms with Crippen LogP contribution >= 0.6 is 0 Å². The standard InChI is InChI=1S/C15H16FN3O2/c1-8-4-5-11(7-12(8)16)21-15-13(14(17)19-20)9(2)6-10(3)18-15/h4-7,20H,1-3H3,(H2,17,19). The number of aryl methyl sites for hydroxylation is 3. The van der Waals surface area contributed by atoms with Crippen LogP contribution in [0.4, 0.5) is 4.39 Å². The minimum absolute atomic E-state index is 0.109. The van der Waals surface area contributed by atoms with Crippen molar-refractivity contribution in [3.05, 3.63) is 52.5 Å². The number of pyridine rings is 1. The van der Waals surface area contributed by atoms with Gasteiger partial charge in [0.15, 0.2) is 5.84 Å². The molecule has 110 valence electrons. The zero-order chi connectivity index (χ0) is 15.6. The molecule has 1 heterocycles. The van der Waals surface area contributed by atoms with Gasteiger partial charge >= 0.3 is 0 Å². The van der Waals surface area contributed by atoms with Crippen molar-refractivity contribution in [1.29, 1.82) is 0 Å². The number of halogens is 1. The quantitative estimate of drug-likeness (QED) is 0.394. The highest BCUT2D eigenvalue weighted by Crippen LogP contribution is 2.27. The van der Waals surface area contributed by atoms with E-state index >= 15 is 0 Å². The highest BCUT2D eigenvalue weighted by atomic mass is 19.1. The molecular weight excluding hydrogens is 273 g/mol. The SMILES string of the molecule is Cc1cc(C)c(/C(N)=N/O)c(Oc2ccc(C)c(F)c2)n1. The summed E-state index contributed by atoms with van der Waals surface area (Å²) in [7, 11) is 0. The third-order valence-corrected chi connectivity index (χ3v) is 3.03. The highest BCUT2D eigenvalue weighted by molar-refractivity contribution is 6.00. The van der Waals surface area contributed by atoms with Crippen LogP contribution in [-0.2, 0) is 0 Å². The molecule has 0 aliphatic carbocycles. The Bertz CT molecular complexity index is 714. The summed E-state index contributed by atoms with van der Waals surface area (Å²) >= 11 is 0. The van der Waals surface area contributed by atoms with Crippen molar-refractivity contribution < 1.29 is 14.3 Å². The highest BCUT2D eigenvalue weighted by Gasteiger charge is 2.16. The van der Waals surface area contributed by atoms with Gasteiger partial charge in [-0.3, -0.25) is 0 Å². The van der Waals surface area contributed by atoms with Gasteiger partial charge in [-0.15, -0.1) is 0 Å². The first-order chi connectivity index (χ1) is 9.92. The van der Waals surface area contributed by atoms with Gasteiger partial charge in [-0.1, -0.05) is 11.2 Å². The summed E-state index contributed by atoms with van der Waals surface area (Å²) < 4.78 is 19.2. The number of benzene rings is 1. The Hall–Kier alpha value is -2.63. The summed E-state index contributed by atoms with van der Waals surface area (Å²) in [6.07, 6.45) is 0. The van der Waals surface area contributed by atoms with Gasteiger partial charge < -0.3 is 15.7 Å². The smallest absolute Gasteiger partial charge is 0.230 e. The minimum atomic E-state index is -0.373. The lowest BCUT2D eigenvalue weighted by atomic mass is 10.1. The summed E-state index contributed by atoms with van der Waals surface area (Å²) in [6.45, 7) is 5.26. The number of amidine groups is 1. The summed E-state index contributed by atoms with van der Waals surface area (Å²) in [6, 6.07) is 6.30. The zero-order valence-corrected chi connectivity index (χ0v) is 12.0. The molecule has 6 heteroatoms. The van der Waals surface area contributed by atoms with Crippen LogP contribution in [0, 0.1) is 26.6 Å². The lowest BCUT2D eigenvalue weighted by Crippen LogP contribution is -2.17. The van der Waals surface area contributed by atoms with Crippen LogP contribution in [0.2, 0.25) is 0 Å². The van der Waals surface area contributed by atoms with E-state index in [0.29, 0.717) is 22.6 Å². The third-order valence-electron chi connectivity index (χ3n) is 3.03. The Kier molecular flexibility index (Phi) is 4.07. The van der Waals surface area contributed by atoms with E-state index in [2.05, 4.69) is 10.1 Å². The first kappa shape index (κ1) is 14.8. The molecule has 0 saturated heterocycles. The average molecular weight is 289 g/mol. The van der Waals surface area contributed by atoms with Gasteiger partial charge in [0.25, 0.3) is 0 Å². The summed E-state index contributed by atoms with van der Waals surface area (Å²) in [5.74, 6) is -0.0153. The molecule has 0 unspecified atom stereocenters. The van der Waals surface area contributed by atoms with Crippen molar-refractivity contribution in [2.75, 3.05) is 0 Å². The lowest BCUT2D eigenvalue weighted by Gasteiger charge is -2.13. The second kappa shape index (κ2) is 5.78. The van der Waals surface area contributed by atoms with E-state index in [9.17, 15) is 4.39 Å². The fourth-order valence-electron chi connectivity index (χ4n) is 1.99. The maximum atomic E-state index is 13.6. The van der Waals surface area contributed by atoms with Gasteiger partial charge in [-0.25, -0.2) is 9.37 Å². The number of aromatic nitrogens is 1. The number of nitrogens with zero attached hydrogens (tertiary/aromatic N) is 2. The van der Waals surface area contributed by atoms with E-state index in [-0.39, 0.29) is 17.5 Å². The van der Waals surface area contributed by atoms with Crippen molar-refractivity contribution in [1.82, 2.24) is 4.98 Å². The Morgan fingerprint density at radius 2 is 1.95 bits per heavy atom. The predicted octanol–water partition coefficient (Wildman–Crippen LogP) is 3.03.